The molecule has 2 aromatic heterocycles. The molecule has 0 fully saturated rings. The van der Waals surface area contributed by atoms with Gasteiger partial charge in [0.1, 0.15) is 11.5 Å². The summed E-state index contributed by atoms with van der Waals surface area (Å²) in [6, 6.07) is 8.18. The summed E-state index contributed by atoms with van der Waals surface area (Å²) >= 11 is 18.0. The molecule has 3 aromatic rings. The van der Waals surface area contributed by atoms with Crippen LogP contribution in [-0.4, -0.2) is 14.6 Å². The van der Waals surface area contributed by atoms with Crippen molar-refractivity contribution in [1.82, 2.24) is 14.6 Å². The maximum Gasteiger partial charge on any atom is 0.281 e. The van der Waals surface area contributed by atoms with Crippen LogP contribution in [0.3, 0.4) is 0 Å². The zero-order valence-corrected chi connectivity index (χ0v) is 12.1. The van der Waals surface area contributed by atoms with Crippen LogP contribution in [0.5, 0.6) is 0 Å². The number of hydrogen-bond acceptors (Lipinski definition) is 3. The minimum Gasteiger partial charge on any atom is -0.267 e. The highest BCUT2D eigenvalue weighted by molar-refractivity contribution is 6.35. The van der Waals surface area contributed by atoms with E-state index in [0.29, 0.717) is 31.8 Å². The van der Waals surface area contributed by atoms with Gasteiger partial charge in [0.15, 0.2) is 0 Å². The molecule has 0 radical (unpaired) electrons. The van der Waals surface area contributed by atoms with Crippen LogP contribution in [0, 0.1) is 0 Å². The van der Waals surface area contributed by atoms with Crippen LogP contribution in [-0.2, 0) is 0 Å². The minimum atomic E-state index is -0.404. The van der Waals surface area contributed by atoms with Crippen molar-refractivity contribution >= 4 is 40.3 Å². The molecule has 0 aliphatic carbocycles. The quantitative estimate of drug-likeness (QED) is 0.685. The topological polar surface area (TPSA) is 47.3 Å². The molecule has 1 aromatic carbocycles. The molecule has 2 heterocycles. The number of benzene rings is 1. The van der Waals surface area contributed by atoms with Gasteiger partial charge in [0, 0.05) is 15.6 Å². The minimum absolute atomic E-state index is 0.297. The Morgan fingerprint density at radius 3 is 2.65 bits per heavy atom. The highest BCUT2D eigenvalue weighted by atomic mass is 35.5. The van der Waals surface area contributed by atoms with E-state index in [1.807, 2.05) is 0 Å². The molecule has 0 saturated carbocycles. The maximum absolute atomic E-state index is 12.1. The normalized spacial score (nSPS) is 10.9. The molecule has 0 spiro atoms. The highest BCUT2D eigenvalue weighted by Gasteiger charge is 2.14. The Labute approximate surface area is 128 Å². The van der Waals surface area contributed by atoms with Crippen molar-refractivity contribution in [1.29, 1.82) is 0 Å². The molecule has 0 aliphatic rings. The largest absolute Gasteiger partial charge is 0.281 e. The lowest BCUT2D eigenvalue weighted by molar-refractivity contribution is 0.884. The van der Waals surface area contributed by atoms with Crippen molar-refractivity contribution in [3.63, 3.8) is 0 Å². The zero-order valence-electron chi connectivity index (χ0n) is 9.85. The van der Waals surface area contributed by atoms with E-state index in [0.717, 1.165) is 0 Å². The Morgan fingerprint density at radius 1 is 1.05 bits per heavy atom. The number of hydrogen-bond donors (Lipinski definition) is 0. The van der Waals surface area contributed by atoms with E-state index >= 15 is 0 Å². The third-order valence-corrected chi connectivity index (χ3v) is 3.55. The predicted molar refractivity (Wildman–Crippen MR) is 79.7 cm³/mol. The van der Waals surface area contributed by atoms with Gasteiger partial charge in [0.2, 0.25) is 0 Å². The molecule has 4 nitrogen and oxygen atoms in total. The van der Waals surface area contributed by atoms with E-state index < -0.39 is 5.56 Å². The third kappa shape index (κ3) is 2.26. The van der Waals surface area contributed by atoms with Crippen LogP contribution in [0.25, 0.3) is 16.6 Å². The smallest absolute Gasteiger partial charge is 0.267 e. The molecule has 0 N–H and O–H groups in total. The summed E-state index contributed by atoms with van der Waals surface area (Å²) in [5.41, 5.74) is 1.000. The maximum atomic E-state index is 12.1. The Morgan fingerprint density at radius 2 is 1.85 bits per heavy atom. The lowest BCUT2D eigenvalue weighted by Crippen LogP contribution is -2.13. The van der Waals surface area contributed by atoms with Gasteiger partial charge < -0.3 is 0 Å². The van der Waals surface area contributed by atoms with Gasteiger partial charge in [-0.3, -0.25) is 4.79 Å². The van der Waals surface area contributed by atoms with Gasteiger partial charge in [0.25, 0.3) is 5.56 Å². The molecule has 0 saturated heterocycles. The van der Waals surface area contributed by atoms with Crippen molar-refractivity contribution in [3.05, 3.63) is 62.2 Å². The average molecular weight is 327 g/mol. The second-order valence-electron chi connectivity index (χ2n) is 4.03. The van der Waals surface area contributed by atoms with Gasteiger partial charge in [-0.05, 0) is 30.3 Å². The van der Waals surface area contributed by atoms with Crippen molar-refractivity contribution in [2.45, 2.75) is 0 Å². The van der Waals surface area contributed by atoms with Crippen LogP contribution < -0.4 is 5.56 Å². The molecular weight excluding hydrogens is 321 g/mol. The van der Waals surface area contributed by atoms with Gasteiger partial charge in [-0.1, -0.05) is 34.8 Å². The lowest BCUT2D eigenvalue weighted by atomic mass is 10.1. The monoisotopic (exact) mass is 325 g/mol. The SMILES string of the molecule is O=c1ncn2nc(Cl)ccc2c1-c1cc(Cl)ccc1Cl. The van der Waals surface area contributed by atoms with E-state index in [4.69, 9.17) is 34.8 Å². The van der Waals surface area contributed by atoms with E-state index in [-0.39, 0.29) is 0 Å². The zero-order chi connectivity index (χ0) is 14.3. The van der Waals surface area contributed by atoms with Crippen molar-refractivity contribution < 1.29 is 0 Å². The average Bonchev–Trinajstić information content (AvgIpc) is 2.42. The summed E-state index contributed by atoms with van der Waals surface area (Å²) in [7, 11) is 0. The van der Waals surface area contributed by atoms with Gasteiger partial charge in [-0.2, -0.15) is 10.1 Å². The second kappa shape index (κ2) is 5.05. The van der Waals surface area contributed by atoms with Crippen LogP contribution >= 0.6 is 34.8 Å². The molecule has 20 heavy (non-hydrogen) atoms. The number of aromatic nitrogens is 3. The van der Waals surface area contributed by atoms with Gasteiger partial charge >= 0.3 is 0 Å². The Hall–Kier alpha value is -1.62. The van der Waals surface area contributed by atoms with Crippen LogP contribution in [0.4, 0.5) is 0 Å². The van der Waals surface area contributed by atoms with Crippen LogP contribution in [0.2, 0.25) is 15.2 Å². The summed E-state index contributed by atoms with van der Waals surface area (Å²) in [5.74, 6) is 0. The summed E-state index contributed by atoms with van der Waals surface area (Å²) < 4.78 is 1.43. The highest BCUT2D eigenvalue weighted by Crippen LogP contribution is 2.30. The van der Waals surface area contributed by atoms with Crippen molar-refractivity contribution in [2.24, 2.45) is 0 Å². The van der Waals surface area contributed by atoms with Gasteiger partial charge in [-0.25, -0.2) is 4.52 Å². The van der Waals surface area contributed by atoms with Gasteiger partial charge in [0.05, 0.1) is 11.1 Å². The first kappa shape index (κ1) is 13.4. The van der Waals surface area contributed by atoms with E-state index in [1.54, 1.807) is 30.3 Å². The summed E-state index contributed by atoms with van der Waals surface area (Å²) in [6.07, 6.45) is 1.31. The molecule has 7 heteroatoms. The Bertz CT molecular complexity index is 876. The summed E-state index contributed by atoms with van der Waals surface area (Å²) in [4.78, 5) is 15.9. The fraction of sp³-hybridized carbons (Fsp3) is 0. The molecular formula is C13H6Cl3N3O. The predicted octanol–water partition coefficient (Wildman–Crippen LogP) is 3.72. The second-order valence-corrected chi connectivity index (χ2v) is 5.27. The lowest BCUT2D eigenvalue weighted by Gasteiger charge is -2.08. The molecule has 3 rings (SSSR count). The van der Waals surface area contributed by atoms with Crippen LogP contribution in [0.1, 0.15) is 0 Å². The molecule has 0 amide bonds. The molecule has 0 atom stereocenters. The molecule has 0 aliphatic heterocycles. The number of halogens is 3. The number of nitrogens with zero attached hydrogens (tertiary/aromatic N) is 3. The summed E-state index contributed by atoms with van der Waals surface area (Å²) in [6.45, 7) is 0. The first-order valence-electron chi connectivity index (χ1n) is 5.56. The first-order chi connectivity index (χ1) is 9.56. The first-order valence-corrected chi connectivity index (χ1v) is 6.69. The summed E-state index contributed by atoms with van der Waals surface area (Å²) in [5, 5.41) is 5.25. The van der Waals surface area contributed by atoms with Gasteiger partial charge in [-0.15, -0.1) is 0 Å². The van der Waals surface area contributed by atoms with E-state index in [2.05, 4.69) is 10.1 Å². The fourth-order valence-corrected chi connectivity index (χ4v) is 2.45. The van der Waals surface area contributed by atoms with E-state index in [1.165, 1.54) is 10.8 Å². The fourth-order valence-electron chi connectivity index (χ4n) is 1.92. The van der Waals surface area contributed by atoms with E-state index in [9.17, 15) is 4.79 Å². The number of rotatable bonds is 1. The Balaban J connectivity index is 2.43. The van der Waals surface area contributed by atoms with Crippen molar-refractivity contribution in [3.8, 4) is 11.1 Å². The molecule has 100 valence electrons. The Kier molecular flexibility index (Phi) is 3.38. The molecule has 0 unspecified atom stereocenters. The van der Waals surface area contributed by atoms with Crippen LogP contribution in [0.15, 0.2) is 41.5 Å². The third-order valence-electron chi connectivity index (χ3n) is 2.78. The molecule has 0 bridgehead atoms. The number of fused-ring (bicyclic) bond motifs is 1. The van der Waals surface area contributed by atoms with Crippen molar-refractivity contribution in [2.75, 3.05) is 0 Å². The standard InChI is InChI=1S/C13H6Cl3N3O/c14-7-1-2-9(15)8(5-7)12-10-3-4-11(16)18-19(10)6-17-13(12)20/h1-6H.